The highest BCUT2D eigenvalue weighted by atomic mass is 35.5. The van der Waals surface area contributed by atoms with E-state index in [4.69, 9.17) is 16.3 Å². The van der Waals surface area contributed by atoms with E-state index in [0.29, 0.717) is 44.0 Å². The van der Waals surface area contributed by atoms with Crippen molar-refractivity contribution in [3.8, 4) is 0 Å². The molecule has 3 aromatic rings. The molecule has 1 atom stereocenters. The van der Waals surface area contributed by atoms with Gasteiger partial charge in [-0.05, 0) is 55.5 Å². The van der Waals surface area contributed by atoms with Crippen LogP contribution >= 0.6 is 11.6 Å². The second-order valence-electron chi connectivity index (χ2n) is 9.01. The minimum atomic E-state index is -0.754. The van der Waals surface area contributed by atoms with Gasteiger partial charge in [0, 0.05) is 31.1 Å². The Kier molecular flexibility index (Phi) is 11.0. The Labute approximate surface area is 219 Å². The molecule has 3 aromatic carbocycles. The van der Waals surface area contributed by atoms with Gasteiger partial charge in [-0.25, -0.2) is 0 Å². The van der Waals surface area contributed by atoms with Crippen molar-refractivity contribution < 1.29 is 14.3 Å². The molecule has 3 rings (SSSR count). The molecule has 0 radical (unpaired) electrons. The highest BCUT2D eigenvalue weighted by Gasteiger charge is 2.31. The van der Waals surface area contributed by atoms with Gasteiger partial charge in [0.1, 0.15) is 6.04 Å². The summed E-state index contributed by atoms with van der Waals surface area (Å²) in [4.78, 5) is 28.9. The zero-order chi connectivity index (χ0) is 25.8. The van der Waals surface area contributed by atoms with Gasteiger partial charge >= 0.3 is 0 Å². The molecule has 5 nitrogen and oxygen atoms in total. The Balaban J connectivity index is 1.83. The highest BCUT2D eigenvalue weighted by Crippen LogP contribution is 2.25. The standard InChI is InChI=1S/C30H35ClN2O3/c1-23(2)36-21-9-20-32-30(35)29(26-12-7-4-8-13-26)33(22-25-14-17-27(31)18-15-25)28(34)19-16-24-10-5-3-6-11-24/h3-8,10-15,17-18,23,29H,9,16,19-22H2,1-2H3,(H,32,35)/t29-/m0/s1. The molecule has 1 N–H and O–H groups in total. The zero-order valence-electron chi connectivity index (χ0n) is 21.0. The molecule has 0 fully saturated rings. The van der Waals surface area contributed by atoms with Gasteiger partial charge in [0.15, 0.2) is 0 Å². The number of amides is 2. The Hall–Kier alpha value is -3.15. The molecule has 0 aliphatic heterocycles. The fraction of sp³-hybridized carbons (Fsp3) is 0.333. The summed E-state index contributed by atoms with van der Waals surface area (Å²) in [6.45, 7) is 5.31. The largest absolute Gasteiger partial charge is 0.379 e. The number of hydrogen-bond donors (Lipinski definition) is 1. The molecule has 0 heterocycles. The monoisotopic (exact) mass is 506 g/mol. The van der Waals surface area contributed by atoms with E-state index in [1.807, 2.05) is 86.6 Å². The number of nitrogens with zero attached hydrogens (tertiary/aromatic N) is 1. The number of benzene rings is 3. The topological polar surface area (TPSA) is 58.6 Å². The lowest BCUT2D eigenvalue weighted by atomic mass is 10.0. The van der Waals surface area contributed by atoms with Gasteiger partial charge in [0.05, 0.1) is 6.10 Å². The van der Waals surface area contributed by atoms with Crippen molar-refractivity contribution in [3.63, 3.8) is 0 Å². The van der Waals surface area contributed by atoms with E-state index in [-0.39, 0.29) is 17.9 Å². The van der Waals surface area contributed by atoms with Crippen molar-refractivity contribution in [2.75, 3.05) is 13.2 Å². The van der Waals surface area contributed by atoms with Gasteiger partial charge in [0.2, 0.25) is 11.8 Å². The fourth-order valence-electron chi connectivity index (χ4n) is 3.96. The molecular formula is C30H35ClN2O3. The van der Waals surface area contributed by atoms with Crippen LogP contribution in [0.4, 0.5) is 0 Å². The summed E-state index contributed by atoms with van der Waals surface area (Å²) < 4.78 is 5.59. The minimum absolute atomic E-state index is 0.0825. The van der Waals surface area contributed by atoms with E-state index in [2.05, 4.69) is 5.32 Å². The molecule has 0 bridgehead atoms. The van der Waals surface area contributed by atoms with Crippen LogP contribution in [0.2, 0.25) is 5.02 Å². The Morgan fingerprint density at radius 2 is 1.53 bits per heavy atom. The van der Waals surface area contributed by atoms with Crippen LogP contribution in [-0.2, 0) is 27.3 Å². The summed E-state index contributed by atoms with van der Waals surface area (Å²) in [5.74, 6) is -0.284. The normalized spacial score (nSPS) is 11.8. The third kappa shape index (κ3) is 8.81. The van der Waals surface area contributed by atoms with Crippen LogP contribution in [0.5, 0.6) is 0 Å². The van der Waals surface area contributed by atoms with Crippen LogP contribution in [0.1, 0.15) is 49.4 Å². The number of carbonyl (C=O) groups excluding carboxylic acids is 2. The molecule has 0 spiro atoms. The molecule has 2 amide bonds. The predicted molar refractivity (Wildman–Crippen MR) is 145 cm³/mol. The summed E-state index contributed by atoms with van der Waals surface area (Å²) in [6.07, 6.45) is 1.75. The Bertz CT molecular complexity index is 1070. The summed E-state index contributed by atoms with van der Waals surface area (Å²) in [6, 6.07) is 26.0. The molecule has 190 valence electrons. The number of nitrogens with one attached hydrogen (secondary N) is 1. The van der Waals surface area contributed by atoms with Crippen LogP contribution in [0, 0.1) is 0 Å². The molecule has 0 unspecified atom stereocenters. The summed E-state index contributed by atoms with van der Waals surface area (Å²) in [5.41, 5.74) is 2.77. The molecule has 0 aliphatic rings. The van der Waals surface area contributed by atoms with Crippen molar-refractivity contribution >= 4 is 23.4 Å². The molecule has 6 heteroatoms. The first-order valence-electron chi connectivity index (χ1n) is 12.5. The number of halogens is 1. The first kappa shape index (κ1) is 27.4. The van der Waals surface area contributed by atoms with Crippen molar-refractivity contribution in [1.29, 1.82) is 0 Å². The van der Waals surface area contributed by atoms with Gasteiger partial charge in [-0.3, -0.25) is 9.59 Å². The van der Waals surface area contributed by atoms with Crippen LogP contribution in [-0.4, -0.2) is 36.0 Å². The number of aryl methyl sites for hydroxylation is 1. The van der Waals surface area contributed by atoms with Gasteiger partial charge in [-0.1, -0.05) is 84.4 Å². The predicted octanol–water partition coefficient (Wildman–Crippen LogP) is 5.97. The third-order valence-corrected chi connectivity index (χ3v) is 6.06. The van der Waals surface area contributed by atoms with E-state index in [0.717, 1.165) is 16.7 Å². The second-order valence-corrected chi connectivity index (χ2v) is 9.45. The van der Waals surface area contributed by atoms with Crippen molar-refractivity contribution in [3.05, 3.63) is 107 Å². The number of rotatable bonds is 13. The van der Waals surface area contributed by atoms with Crippen molar-refractivity contribution in [1.82, 2.24) is 10.2 Å². The van der Waals surface area contributed by atoms with Crippen LogP contribution in [0.3, 0.4) is 0 Å². The molecular weight excluding hydrogens is 472 g/mol. The van der Waals surface area contributed by atoms with Crippen molar-refractivity contribution in [2.45, 2.75) is 51.8 Å². The third-order valence-electron chi connectivity index (χ3n) is 5.80. The van der Waals surface area contributed by atoms with Crippen LogP contribution in [0.15, 0.2) is 84.9 Å². The first-order valence-corrected chi connectivity index (χ1v) is 12.8. The van der Waals surface area contributed by atoms with Gasteiger partial charge in [-0.2, -0.15) is 0 Å². The fourth-order valence-corrected chi connectivity index (χ4v) is 4.08. The first-order chi connectivity index (χ1) is 17.4. The summed E-state index contributed by atoms with van der Waals surface area (Å²) in [5, 5.41) is 3.65. The van der Waals surface area contributed by atoms with E-state index in [1.54, 1.807) is 17.0 Å². The number of carbonyl (C=O) groups is 2. The SMILES string of the molecule is CC(C)OCCCNC(=O)[C@H](c1ccccc1)N(Cc1ccc(Cl)cc1)C(=O)CCc1ccccc1. The summed E-state index contributed by atoms with van der Waals surface area (Å²) in [7, 11) is 0. The number of hydrogen-bond acceptors (Lipinski definition) is 3. The van der Waals surface area contributed by atoms with E-state index >= 15 is 0 Å². The summed E-state index contributed by atoms with van der Waals surface area (Å²) >= 11 is 6.08. The van der Waals surface area contributed by atoms with Crippen molar-refractivity contribution in [2.24, 2.45) is 0 Å². The highest BCUT2D eigenvalue weighted by molar-refractivity contribution is 6.30. The number of ether oxygens (including phenoxy) is 1. The molecule has 0 saturated carbocycles. The van der Waals surface area contributed by atoms with Crippen LogP contribution in [0.25, 0.3) is 0 Å². The lowest BCUT2D eigenvalue weighted by Crippen LogP contribution is -2.44. The maximum atomic E-state index is 13.7. The Morgan fingerprint density at radius 3 is 2.17 bits per heavy atom. The van der Waals surface area contributed by atoms with Gasteiger partial charge < -0.3 is 15.0 Å². The average Bonchev–Trinajstić information content (AvgIpc) is 2.89. The molecule has 36 heavy (non-hydrogen) atoms. The minimum Gasteiger partial charge on any atom is -0.379 e. The lowest BCUT2D eigenvalue weighted by molar-refractivity contribution is -0.141. The smallest absolute Gasteiger partial charge is 0.247 e. The molecule has 0 saturated heterocycles. The zero-order valence-corrected chi connectivity index (χ0v) is 21.8. The molecule has 0 aliphatic carbocycles. The Morgan fingerprint density at radius 1 is 0.889 bits per heavy atom. The van der Waals surface area contributed by atoms with Gasteiger partial charge in [0.25, 0.3) is 0 Å². The second kappa shape index (κ2) is 14.4. The maximum Gasteiger partial charge on any atom is 0.247 e. The lowest BCUT2D eigenvalue weighted by Gasteiger charge is -2.32. The quantitative estimate of drug-likeness (QED) is 0.290. The van der Waals surface area contributed by atoms with Crippen LogP contribution < -0.4 is 5.32 Å². The molecule has 0 aromatic heterocycles. The van der Waals surface area contributed by atoms with E-state index in [1.165, 1.54) is 0 Å². The average molecular weight is 507 g/mol. The van der Waals surface area contributed by atoms with E-state index < -0.39 is 6.04 Å². The maximum absolute atomic E-state index is 13.7. The van der Waals surface area contributed by atoms with E-state index in [9.17, 15) is 9.59 Å². The van der Waals surface area contributed by atoms with Gasteiger partial charge in [-0.15, -0.1) is 0 Å².